The van der Waals surface area contributed by atoms with Crippen LogP contribution in [0.1, 0.15) is 26.7 Å². The van der Waals surface area contributed by atoms with Crippen LogP contribution in [0.15, 0.2) is 0 Å². The van der Waals surface area contributed by atoms with Gasteiger partial charge in [-0.25, -0.2) is 4.79 Å². The number of aliphatic hydroxyl groups excluding tert-OH is 1. The molecular formula is C15H32N4O2. The average molecular weight is 300 g/mol. The van der Waals surface area contributed by atoms with Gasteiger partial charge in [-0.2, -0.15) is 0 Å². The number of rotatable bonds is 8. The van der Waals surface area contributed by atoms with Gasteiger partial charge in [0.2, 0.25) is 0 Å². The maximum absolute atomic E-state index is 11.7. The molecule has 6 heteroatoms. The van der Waals surface area contributed by atoms with Crippen LogP contribution >= 0.6 is 0 Å². The Balaban J connectivity index is 1.99. The van der Waals surface area contributed by atoms with Crippen LogP contribution in [-0.2, 0) is 0 Å². The molecule has 0 aromatic heterocycles. The Bertz CT molecular complexity index is 293. The first-order valence-electron chi connectivity index (χ1n) is 8.09. The molecule has 1 saturated heterocycles. The Morgan fingerprint density at radius 1 is 1.19 bits per heavy atom. The summed E-state index contributed by atoms with van der Waals surface area (Å²) >= 11 is 0. The molecule has 0 aromatic carbocycles. The highest BCUT2D eigenvalue weighted by Gasteiger charge is 2.14. The monoisotopic (exact) mass is 300 g/mol. The molecule has 3 N–H and O–H groups in total. The van der Waals surface area contributed by atoms with E-state index in [0.29, 0.717) is 6.54 Å². The zero-order valence-corrected chi connectivity index (χ0v) is 13.8. The van der Waals surface area contributed by atoms with Crippen LogP contribution in [0.25, 0.3) is 0 Å². The molecule has 1 fully saturated rings. The molecule has 0 aromatic rings. The molecule has 6 nitrogen and oxygen atoms in total. The van der Waals surface area contributed by atoms with Gasteiger partial charge >= 0.3 is 6.03 Å². The lowest BCUT2D eigenvalue weighted by atomic mass is 10.1. The molecule has 21 heavy (non-hydrogen) atoms. The number of piperazine rings is 1. The van der Waals surface area contributed by atoms with E-state index in [1.54, 1.807) is 0 Å². The number of hydrogen-bond donors (Lipinski definition) is 3. The van der Waals surface area contributed by atoms with E-state index in [-0.39, 0.29) is 24.6 Å². The van der Waals surface area contributed by atoms with E-state index in [2.05, 4.69) is 27.5 Å². The fraction of sp³-hybridized carbons (Fsp3) is 0.933. The molecule has 1 aliphatic heterocycles. The summed E-state index contributed by atoms with van der Waals surface area (Å²) in [4.78, 5) is 16.5. The predicted octanol–water partition coefficient (Wildman–Crippen LogP) is 0.330. The van der Waals surface area contributed by atoms with E-state index in [0.717, 1.165) is 45.6 Å². The third-order valence-corrected chi connectivity index (χ3v) is 4.28. The summed E-state index contributed by atoms with van der Waals surface area (Å²) in [5.41, 5.74) is 0. The molecule has 1 rings (SSSR count). The van der Waals surface area contributed by atoms with Gasteiger partial charge in [0, 0.05) is 45.4 Å². The van der Waals surface area contributed by atoms with E-state index < -0.39 is 0 Å². The van der Waals surface area contributed by atoms with Crippen molar-refractivity contribution in [3.05, 3.63) is 0 Å². The van der Waals surface area contributed by atoms with Gasteiger partial charge < -0.3 is 25.5 Å². The molecule has 0 radical (unpaired) electrons. The summed E-state index contributed by atoms with van der Waals surface area (Å²) in [6, 6.07) is -0.150. The zero-order valence-electron chi connectivity index (χ0n) is 13.8. The Labute approximate surface area is 128 Å². The number of carbonyl (C=O) groups excluding carboxylic acids is 1. The third kappa shape index (κ3) is 7.64. The van der Waals surface area contributed by atoms with Crippen LogP contribution in [0.2, 0.25) is 0 Å². The number of nitrogens with zero attached hydrogens (tertiary/aromatic N) is 2. The SMILES string of the molecule is CC(CO)C(C)NC(=O)NCCCCN1CCN(C)CC1. The molecule has 0 spiro atoms. The molecule has 124 valence electrons. The number of amides is 2. The highest BCUT2D eigenvalue weighted by molar-refractivity contribution is 5.74. The topological polar surface area (TPSA) is 67.8 Å². The minimum Gasteiger partial charge on any atom is -0.396 e. The molecule has 1 aliphatic rings. The van der Waals surface area contributed by atoms with Gasteiger partial charge in [-0.15, -0.1) is 0 Å². The number of unbranched alkanes of at least 4 members (excludes halogenated alkanes) is 1. The average Bonchev–Trinajstić information content (AvgIpc) is 2.47. The van der Waals surface area contributed by atoms with Crippen molar-refractivity contribution >= 4 is 6.03 Å². The number of urea groups is 1. The van der Waals surface area contributed by atoms with Crippen LogP contribution in [0.3, 0.4) is 0 Å². The number of likely N-dealkylation sites (N-methyl/N-ethyl adjacent to an activating group) is 1. The van der Waals surface area contributed by atoms with Crippen molar-refractivity contribution in [2.75, 3.05) is 52.9 Å². The Kier molecular flexibility index (Phi) is 8.64. The Morgan fingerprint density at radius 2 is 1.86 bits per heavy atom. The molecule has 0 aliphatic carbocycles. The third-order valence-electron chi connectivity index (χ3n) is 4.28. The van der Waals surface area contributed by atoms with Gasteiger partial charge in [0.25, 0.3) is 0 Å². The molecule has 2 unspecified atom stereocenters. The van der Waals surface area contributed by atoms with Crippen molar-refractivity contribution in [1.29, 1.82) is 0 Å². The molecule has 2 amide bonds. The van der Waals surface area contributed by atoms with Crippen molar-refractivity contribution in [1.82, 2.24) is 20.4 Å². The van der Waals surface area contributed by atoms with Gasteiger partial charge in [-0.3, -0.25) is 0 Å². The standard InChI is InChI=1S/C15H32N4O2/c1-13(12-20)14(2)17-15(21)16-6-4-5-7-19-10-8-18(3)9-11-19/h13-14,20H,4-12H2,1-3H3,(H2,16,17,21). The quantitative estimate of drug-likeness (QED) is 0.565. The summed E-state index contributed by atoms with van der Waals surface area (Å²) in [5.74, 6) is 0.0768. The summed E-state index contributed by atoms with van der Waals surface area (Å²) in [6.07, 6.45) is 2.12. The van der Waals surface area contributed by atoms with E-state index in [1.807, 2.05) is 13.8 Å². The van der Waals surface area contributed by atoms with Gasteiger partial charge in [-0.05, 0) is 39.3 Å². The summed E-state index contributed by atoms with van der Waals surface area (Å²) < 4.78 is 0. The first kappa shape index (κ1) is 18.2. The van der Waals surface area contributed by atoms with Crippen molar-refractivity contribution in [2.45, 2.75) is 32.7 Å². The highest BCUT2D eigenvalue weighted by atomic mass is 16.3. The van der Waals surface area contributed by atoms with E-state index >= 15 is 0 Å². The van der Waals surface area contributed by atoms with Gasteiger partial charge in [0.05, 0.1) is 0 Å². The lowest BCUT2D eigenvalue weighted by molar-refractivity contribution is 0.152. The first-order valence-corrected chi connectivity index (χ1v) is 8.09. The molecule has 0 saturated carbocycles. The number of nitrogens with one attached hydrogen (secondary N) is 2. The van der Waals surface area contributed by atoms with Crippen LogP contribution in [0.4, 0.5) is 4.79 Å². The molecular weight excluding hydrogens is 268 g/mol. The van der Waals surface area contributed by atoms with E-state index in [4.69, 9.17) is 5.11 Å². The van der Waals surface area contributed by atoms with Crippen molar-refractivity contribution < 1.29 is 9.90 Å². The molecule has 0 bridgehead atoms. The maximum Gasteiger partial charge on any atom is 0.315 e. The first-order chi connectivity index (χ1) is 10.0. The van der Waals surface area contributed by atoms with Crippen molar-refractivity contribution in [3.63, 3.8) is 0 Å². The minimum atomic E-state index is -0.137. The summed E-state index contributed by atoms with van der Waals surface area (Å²) in [7, 11) is 2.17. The van der Waals surface area contributed by atoms with Gasteiger partial charge in [-0.1, -0.05) is 6.92 Å². The van der Waals surface area contributed by atoms with E-state index in [1.165, 1.54) is 0 Å². The fourth-order valence-electron chi connectivity index (χ4n) is 2.29. The Morgan fingerprint density at radius 3 is 2.48 bits per heavy atom. The van der Waals surface area contributed by atoms with Crippen molar-refractivity contribution in [2.24, 2.45) is 5.92 Å². The van der Waals surface area contributed by atoms with Gasteiger partial charge in [0.1, 0.15) is 0 Å². The van der Waals surface area contributed by atoms with Crippen molar-refractivity contribution in [3.8, 4) is 0 Å². The normalized spacial score (nSPS) is 20.0. The number of carbonyl (C=O) groups is 1. The van der Waals surface area contributed by atoms with Gasteiger partial charge in [0.15, 0.2) is 0 Å². The zero-order chi connectivity index (χ0) is 15.7. The van der Waals surface area contributed by atoms with E-state index in [9.17, 15) is 4.79 Å². The smallest absolute Gasteiger partial charge is 0.315 e. The van der Waals surface area contributed by atoms with Crippen LogP contribution in [0.5, 0.6) is 0 Å². The number of aliphatic hydroxyl groups is 1. The molecule has 1 heterocycles. The lowest BCUT2D eigenvalue weighted by Crippen LogP contribution is -2.45. The lowest BCUT2D eigenvalue weighted by Gasteiger charge is -2.32. The maximum atomic E-state index is 11.7. The van der Waals surface area contributed by atoms with Crippen LogP contribution in [0, 0.1) is 5.92 Å². The predicted molar refractivity (Wildman–Crippen MR) is 85.4 cm³/mol. The van der Waals surface area contributed by atoms with Crippen LogP contribution in [-0.4, -0.2) is 79.9 Å². The second-order valence-electron chi connectivity index (χ2n) is 6.20. The largest absolute Gasteiger partial charge is 0.396 e. The second-order valence-corrected chi connectivity index (χ2v) is 6.20. The fourth-order valence-corrected chi connectivity index (χ4v) is 2.29. The highest BCUT2D eigenvalue weighted by Crippen LogP contribution is 2.02. The second kappa shape index (κ2) is 9.97. The summed E-state index contributed by atoms with van der Waals surface area (Å²) in [6.45, 7) is 10.4. The number of hydrogen-bond acceptors (Lipinski definition) is 4. The minimum absolute atomic E-state index is 0.0136. The molecule has 2 atom stereocenters. The Hall–Kier alpha value is -0.850. The summed E-state index contributed by atoms with van der Waals surface area (Å²) in [5, 5.41) is 14.8. The van der Waals surface area contributed by atoms with Crippen LogP contribution < -0.4 is 10.6 Å².